The number of hydroxylamine groups is 2. The lowest BCUT2D eigenvalue weighted by Crippen LogP contribution is -2.46. The van der Waals surface area contributed by atoms with Crippen molar-refractivity contribution in [2.45, 2.75) is 60.8 Å². The standard InChI is InChI=1S/C44H44Br4N6O12S2/c45-31-18-27(19-32(46)23-31)25-65-35-8-12-37(13-9-35)67(61,62)53-39(43(57)51-59)6-2-16-49-41(55)29-4-1-5-30(22-29)42(56)50-17-3-7-40(44(58)52-60)54-68(63,64)38-14-10-36(11-15-38)66-26-28-20-33(47)24-34(48)21-28/h1,4-5,8-15,18-24,39-40,53-54,59-60H,2-3,6-7,16-17,25-26H2,(H,49,55)(H,50,56)(H,51,57)(H,52,58)/t39-,40-/m1/s1. The van der Waals surface area contributed by atoms with Gasteiger partial charge in [0.05, 0.1) is 9.79 Å². The molecule has 0 unspecified atom stereocenters. The highest BCUT2D eigenvalue weighted by Crippen LogP contribution is 2.25. The monoisotopic (exact) mass is 1230 g/mol. The number of nitrogens with one attached hydrogen (secondary N) is 6. The second kappa shape index (κ2) is 25.7. The number of rotatable bonds is 24. The lowest BCUT2D eigenvalue weighted by atomic mass is 10.1. The summed E-state index contributed by atoms with van der Waals surface area (Å²) in [5.41, 5.74) is 4.88. The van der Waals surface area contributed by atoms with Gasteiger partial charge in [-0.3, -0.25) is 29.6 Å². The molecule has 5 aromatic carbocycles. The van der Waals surface area contributed by atoms with Crippen molar-refractivity contribution < 1.29 is 55.9 Å². The van der Waals surface area contributed by atoms with Gasteiger partial charge in [0.1, 0.15) is 36.8 Å². The Balaban J connectivity index is 1.06. The van der Waals surface area contributed by atoms with Crippen LogP contribution in [0.25, 0.3) is 0 Å². The Morgan fingerprint density at radius 2 is 0.868 bits per heavy atom. The topological polar surface area (TPSA) is 268 Å². The molecule has 0 saturated heterocycles. The van der Waals surface area contributed by atoms with Gasteiger partial charge in [0.15, 0.2) is 0 Å². The van der Waals surface area contributed by atoms with Crippen LogP contribution in [0.2, 0.25) is 0 Å². The minimum atomic E-state index is -4.24. The van der Waals surface area contributed by atoms with Crippen LogP contribution >= 0.6 is 63.7 Å². The lowest BCUT2D eigenvalue weighted by Gasteiger charge is -2.17. The van der Waals surface area contributed by atoms with Crippen LogP contribution < -0.4 is 40.5 Å². The first-order chi connectivity index (χ1) is 32.3. The molecular formula is C44H44Br4N6O12S2. The summed E-state index contributed by atoms with van der Waals surface area (Å²) in [5, 5.41) is 23.9. The maximum absolute atomic E-state index is 13.2. The molecule has 5 aromatic rings. The van der Waals surface area contributed by atoms with Gasteiger partial charge in [-0.1, -0.05) is 69.8 Å². The number of carbonyl (C=O) groups is 4. The zero-order chi connectivity index (χ0) is 49.4. The van der Waals surface area contributed by atoms with E-state index in [0.29, 0.717) is 11.5 Å². The Kier molecular flexibility index (Phi) is 20.5. The normalized spacial score (nSPS) is 12.3. The second-order valence-corrected chi connectivity index (χ2v) is 21.8. The van der Waals surface area contributed by atoms with E-state index in [0.717, 1.165) is 29.0 Å². The fourth-order valence-corrected chi connectivity index (χ4v) is 11.6. The highest BCUT2D eigenvalue weighted by atomic mass is 79.9. The molecule has 8 N–H and O–H groups in total. The molecule has 24 heteroatoms. The van der Waals surface area contributed by atoms with Crippen molar-refractivity contribution in [1.29, 1.82) is 0 Å². The van der Waals surface area contributed by atoms with Crippen LogP contribution in [0.5, 0.6) is 11.5 Å². The molecule has 0 bridgehead atoms. The summed E-state index contributed by atoms with van der Waals surface area (Å²) in [4.78, 5) is 50.6. The Labute approximate surface area is 425 Å². The zero-order valence-electron chi connectivity index (χ0n) is 35.5. The summed E-state index contributed by atoms with van der Waals surface area (Å²) in [6, 6.07) is 25.3. The van der Waals surface area contributed by atoms with Gasteiger partial charge >= 0.3 is 0 Å². The number of amides is 4. The molecule has 0 aliphatic carbocycles. The van der Waals surface area contributed by atoms with Crippen LogP contribution in [-0.4, -0.2) is 76.1 Å². The Bertz CT molecular complexity index is 2580. The fraction of sp³-hybridized carbons (Fsp3) is 0.227. The minimum absolute atomic E-state index is 0.00942. The van der Waals surface area contributed by atoms with E-state index in [1.165, 1.54) is 83.8 Å². The number of hydrogen-bond acceptors (Lipinski definition) is 12. The molecule has 0 spiro atoms. The molecular weight excluding hydrogens is 1190 g/mol. The maximum Gasteiger partial charge on any atom is 0.261 e. The summed E-state index contributed by atoms with van der Waals surface area (Å²) in [7, 11) is -8.48. The number of hydrogen-bond donors (Lipinski definition) is 8. The van der Waals surface area contributed by atoms with Crippen LogP contribution in [0.3, 0.4) is 0 Å². The van der Waals surface area contributed by atoms with Crippen LogP contribution in [0, 0.1) is 0 Å². The summed E-state index contributed by atoms with van der Waals surface area (Å²) in [6.07, 6.45) is -0.0288. The maximum atomic E-state index is 13.2. The molecule has 0 heterocycles. The van der Waals surface area contributed by atoms with Crippen molar-refractivity contribution in [3.63, 3.8) is 0 Å². The first-order valence-electron chi connectivity index (χ1n) is 20.3. The molecule has 18 nitrogen and oxygen atoms in total. The number of sulfonamides is 2. The highest BCUT2D eigenvalue weighted by molar-refractivity contribution is 9.11. The summed E-state index contributed by atoms with van der Waals surface area (Å²) in [5.74, 6) is -2.36. The van der Waals surface area contributed by atoms with Gasteiger partial charge < -0.3 is 20.1 Å². The second-order valence-electron chi connectivity index (χ2n) is 14.8. The van der Waals surface area contributed by atoms with Gasteiger partial charge in [-0.15, -0.1) is 0 Å². The molecule has 0 aliphatic rings. The van der Waals surface area contributed by atoms with Crippen molar-refractivity contribution in [3.05, 3.63) is 149 Å². The Morgan fingerprint density at radius 3 is 1.21 bits per heavy atom. The van der Waals surface area contributed by atoms with E-state index in [9.17, 15) is 46.4 Å². The Morgan fingerprint density at radius 1 is 0.515 bits per heavy atom. The number of benzene rings is 5. The van der Waals surface area contributed by atoms with Crippen LogP contribution in [0.15, 0.2) is 137 Å². The van der Waals surface area contributed by atoms with Crippen LogP contribution in [0.1, 0.15) is 57.5 Å². The molecule has 5 rings (SSSR count). The fourth-order valence-electron chi connectivity index (χ4n) is 6.33. The van der Waals surface area contributed by atoms with E-state index in [2.05, 4.69) is 83.8 Å². The SMILES string of the molecule is O=C(NCCC[C@@H](NS(=O)(=O)c1ccc(OCc2cc(Br)cc(Br)c2)cc1)C(=O)NO)c1cccc(C(=O)NCCC[C@@H](NS(=O)(=O)c2ccc(OCc3cc(Br)cc(Br)c3)cc2)C(=O)NO)c1. The number of ether oxygens (including phenoxy) is 2. The van der Waals surface area contributed by atoms with Crippen molar-refractivity contribution in [3.8, 4) is 11.5 Å². The predicted molar refractivity (Wildman–Crippen MR) is 263 cm³/mol. The average molecular weight is 1230 g/mol. The highest BCUT2D eigenvalue weighted by Gasteiger charge is 2.27. The third kappa shape index (κ3) is 16.7. The average Bonchev–Trinajstić information content (AvgIpc) is 3.31. The third-order valence-electron chi connectivity index (χ3n) is 9.67. The molecule has 0 aromatic heterocycles. The largest absolute Gasteiger partial charge is 0.489 e. The Hall–Kier alpha value is -4.76. The predicted octanol–water partition coefficient (Wildman–Crippen LogP) is 6.62. The van der Waals surface area contributed by atoms with E-state index < -0.39 is 55.8 Å². The van der Waals surface area contributed by atoms with E-state index >= 15 is 0 Å². The molecule has 0 aliphatic heterocycles. The first kappa shape index (κ1) is 54.2. The summed E-state index contributed by atoms with van der Waals surface area (Å²) in [6.45, 7) is 0.419. The molecule has 362 valence electrons. The summed E-state index contributed by atoms with van der Waals surface area (Å²) < 4.78 is 72.2. The van der Waals surface area contributed by atoms with E-state index in [-0.39, 0.29) is 72.9 Å². The first-order valence-corrected chi connectivity index (χ1v) is 26.4. The van der Waals surface area contributed by atoms with Gasteiger partial charge in [0.25, 0.3) is 23.6 Å². The van der Waals surface area contributed by atoms with Crippen molar-refractivity contribution >= 4 is 107 Å². The van der Waals surface area contributed by atoms with Crippen LogP contribution in [0.4, 0.5) is 0 Å². The lowest BCUT2D eigenvalue weighted by molar-refractivity contribution is -0.131. The third-order valence-corrected chi connectivity index (χ3v) is 14.5. The molecule has 4 amide bonds. The van der Waals surface area contributed by atoms with Crippen LogP contribution in [-0.2, 0) is 42.8 Å². The number of carbonyl (C=O) groups excluding carboxylic acids is 4. The van der Waals surface area contributed by atoms with E-state index in [1.807, 2.05) is 36.4 Å². The smallest absolute Gasteiger partial charge is 0.261 e. The van der Waals surface area contributed by atoms with E-state index in [4.69, 9.17) is 9.47 Å². The molecule has 2 atom stereocenters. The van der Waals surface area contributed by atoms with Gasteiger partial charge in [-0.05, 0) is 140 Å². The molecule has 0 saturated carbocycles. The summed E-state index contributed by atoms with van der Waals surface area (Å²) >= 11 is 13.7. The van der Waals surface area contributed by atoms with Gasteiger partial charge in [0, 0.05) is 42.1 Å². The zero-order valence-corrected chi connectivity index (χ0v) is 43.5. The van der Waals surface area contributed by atoms with Crippen molar-refractivity contribution in [2.75, 3.05) is 13.1 Å². The van der Waals surface area contributed by atoms with E-state index in [1.54, 1.807) is 0 Å². The van der Waals surface area contributed by atoms with Gasteiger partial charge in [-0.2, -0.15) is 9.44 Å². The van der Waals surface area contributed by atoms with Gasteiger partial charge in [0.2, 0.25) is 20.0 Å². The van der Waals surface area contributed by atoms with Crippen molar-refractivity contribution in [1.82, 2.24) is 31.0 Å². The van der Waals surface area contributed by atoms with Crippen molar-refractivity contribution in [2.24, 2.45) is 0 Å². The number of halogens is 4. The quantitative estimate of drug-likeness (QED) is 0.0184. The molecule has 0 fully saturated rings. The minimum Gasteiger partial charge on any atom is -0.489 e. The molecule has 68 heavy (non-hydrogen) atoms. The molecule has 0 radical (unpaired) electrons. The van der Waals surface area contributed by atoms with Gasteiger partial charge in [-0.25, -0.2) is 27.8 Å².